The summed E-state index contributed by atoms with van der Waals surface area (Å²) < 4.78 is 1.09. The minimum Gasteiger partial charge on any atom is -0.339 e. The fourth-order valence-electron chi connectivity index (χ4n) is 3.98. The van der Waals surface area contributed by atoms with Gasteiger partial charge < -0.3 is 20.4 Å². The van der Waals surface area contributed by atoms with E-state index < -0.39 is 0 Å². The summed E-state index contributed by atoms with van der Waals surface area (Å²) in [6, 6.07) is 17.0. The van der Waals surface area contributed by atoms with E-state index in [1.807, 2.05) is 53.4 Å². The molecule has 1 fully saturated rings. The van der Waals surface area contributed by atoms with Crippen molar-refractivity contribution in [3.63, 3.8) is 0 Å². The van der Waals surface area contributed by atoms with E-state index in [9.17, 15) is 9.59 Å². The van der Waals surface area contributed by atoms with Crippen LogP contribution in [-0.2, 0) is 4.79 Å². The molecule has 10 heteroatoms. The third-order valence-electron chi connectivity index (χ3n) is 5.79. The third kappa shape index (κ3) is 5.38. The number of nitrogens with zero attached hydrogens (tertiary/aromatic N) is 5. The molecule has 4 aromatic rings. The van der Waals surface area contributed by atoms with Crippen molar-refractivity contribution in [1.82, 2.24) is 25.2 Å². The molecule has 0 aliphatic carbocycles. The number of benzene rings is 2. The van der Waals surface area contributed by atoms with Crippen LogP contribution in [0.25, 0.3) is 20.8 Å². The molecule has 0 saturated carbocycles. The van der Waals surface area contributed by atoms with E-state index in [2.05, 4.69) is 25.5 Å². The van der Waals surface area contributed by atoms with Gasteiger partial charge in [-0.15, -0.1) is 11.3 Å². The molecule has 1 aliphatic rings. The molecule has 1 aliphatic heterocycles. The van der Waals surface area contributed by atoms with Gasteiger partial charge in [0.1, 0.15) is 5.01 Å². The van der Waals surface area contributed by atoms with E-state index >= 15 is 0 Å². The lowest BCUT2D eigenvalue weighted by atomic mass is 10.2. The highest BCUT2D eigenvalue weighted by Gasteiger charge is 2.22. The Balaban J connectivity index is 1.11. The maximum atomic E-state index is 12.6. The van der Waals surface area contributed by atoms with Gasteiger partial charge >= 0.3 is 6.03 Å². The van der Waals surface area contributed by atoms with Gasteiger partial charge in [-0.1, -0.05) is 24.3 Å². The average molecular weight is 488 g/mol. The molecule has 0 radical (unpaired) electrons. The van der Waals surface area contributed by atoms with E-state index in [0.29, 0.717) is 37.8 Å². The highest BCUT2D eigenvalue weighted by molar-refractivity contribution is 7.21. The standard InChI is InChI=1S/C25H25N7O2S/c33-22(31-14-16-32(17-15-31)24-26-11-5-12-27-24)10-13-28-25(34)30-19-7-2-1-6-18(19)23-29-20-8-3-4-9-21(20)35-23/h1-9,11-12H,10,13-17H2,(H2,28,30,34). The van der Waals surface area contributed by atoms with Crippen molar-refractivity contribution < 1.29 is 9.59 Å². The molecule has 178 valence electrons. The second kappa shape index (κ2) is 10.5. The molecule has 9 nitrogen and oxygen atoms in total. The first kappa shape index (κ1) is 22.7. The normalized spacial score (nSPS) is 13.6. The molecule has 2 aromatic carbocycles. The Morgan fingerprint density at radius 3 is 2.46 bits per heavy atom. The van der Waals surface area contributed by atoms with Crippen LogP contribution in [-0.4, -0.2) is 64.5 Å². The summed E-state index contributed by atoms with van der Waals surface area (Å²) in [5.74, 6) is 0.706. The minimum atomic E-state index is -0.350. The van der Waals surface area contributed by atoms with Gasteiger partial charge in [0.15, 0.2) is 0 Å². The Labute approximate surface area is 206 Å². The summed E-state index contributed by atoms with van der Waals surface area (Å²) in [6.07, 6.45) is 3.68. The first-order chi connectivity index (χ1) is 17.2. The molecular formula is C25H25N7O2S. The van der Waals surface area contributed by atoms with Crippen molar-refractivity contribution in [2.75, 3.05) is 42.9 Å². The van der Waals surface area contributed by atoms with Gasteiger partial charge in [0.05, 0.1) is 15.9 Å². The summed E-state index contributed by atoms with van der Waals surface area (Å²) in [4.78, 5) is 42.3. The summed E-state index contributed by atoms with van der Waals surface area (Å²) in [5, 5.41) is 6.54. The Hall–Kier alpha value is -4.05. The van der Waals surface area contributed by atoms with Gasteiger partial charge in [-0.25, -0.2) is 19.7 Å². The second-order valence-corrected chi connectivity index (χ2v) is 9.11. The number of rotatable bonds is 6. The van der Waals surface area contributed by atoms with Gasteiger partial charge in [-0.2, -0.15) is 0 Å². The maximum absolute atomic E-state index is 12.6. The van der Waals surface area contributed by atoms with Crippen molar-refractivity contribution in [2.45, 2.75) is 6.42 Å². The van der Waals surface area contributed by atoms with Crippen LogP contribution in [0.1, 0.15) is 6.42 Å². The van der Waals surface area contributed by atoms with Crippen molar-refractivity contribution in [2.24, 2.45) is 0 Å². The lowest BCUT2D eigenvalue weighted by Gasteiger charge is -2.34. The molecule has 0 atom stereocenters. The number of fused-ring (bicyclic) bond motifs is 1. The molecule has 0 bridgehead atoms. The number of carbonyl (C=O) groups is 2. The first-order valence-electron chi connectivity index (χ1n) is 11.5. The molecule has 3 heterocycles. The number of urea groups is 1. The number of nitrogens with one attached hydrogen (secondary N) is 2. The van der Waals surface area contributed by atoms with Crippen LogP contribution in [0.2, 0.25) is 0 Å². The van der Waals surface area contributed by atoms with Crippen LogP contribution in [0.15, 0.2) is 67.0 Å². The monoisotopic (exact) mass is 487 g/mol. The predicted octanol–water partition coefficient (Wildman–Crippen LogP) is 3.61. The molecule has 2 N–H and O–H groups in total. The molecular weight excluding hydrogens is 462 g/mol. The average Bonchev–Trinajstić information content (AvgIpc) is 3.34. The van der Waals surface area contributed by atoms with E-state index in [-0.39, 0.29) is 24.9 Å². The van der Waals surface area contributed by atoms with E-state index in [4.69, 9.17) is 4.98 Å². The van der Waals surface area contributed by atoms with Crippen LogP contribution >= 0.6 is 11.3 Å². The zero-order valence-electron chi connectivity index (χ0n) is 19.1. The summed E-state index contributed by atoms with van der Waals surface area (Å²) in [5.41, 5.74) is 2.47. The Kier molecular flexibility index (Phi) is 6.80. The first-order valence-corrected chi connectivity index (χ1v) is 12.3. The number of hydrogen-bond acceptors (Lipinski definition) is 7. The number of carbonyl (C=O) groups excluding carboxylic acids is 2. The second-order valence-electron chi connectivity index (χ2n) is 8.08. The van der Waals surface area contributed by atoms with Crippen LogP contribution in [0.4, 0.5) is 16.4 Å². The molecule has 0 unspecified atom stereocenters. The van der Waals surface area contributed by atoms with Gasteiger partial charge in [-0.05, 0) is 30.3 Å². The van der Waals surface area contributed by atoms with Crippen LogP contribution in [0.3, 0.4) is 0 Å². The highest BCUT2D eigenvalue weighted by Crippen LogP contribution is 2.34. The summed E-state index contributed by atoms with van der Waals surface area (Å²) >= 11 is 1.58. The number of aromatic nitrogens is 3. The zero-order chi connectivity index (χ0) is 24.0. The van der Waals surface area contributed by atoms with E-state index in [0.717, 1.165) is 20.8 Å². The fraction of sp³-hybridized carbons (Fsp3) is 0.240. The maximum Gasteiger partial charge on any atom is 0.319 e. The predicted molar refractivity (Wildman–Crippen MR) is 138 cm³/mol. The topological polar surface area (TPSA) is 103 Å². The number of amides is 3. The van der Waals surface area contributed by atoms with Gasteiger partial charge in [0, 0.05) is 57.1 Å². The quantitative estimate of drug-likeness (QED) is 0.431. The van der Waals surface area contributed by atoms with Gasteiger partial charge in [0.25, 0.3) is 0 Å². The molecule has 2 aromatic heterocycles. The number of thiazole rings is 1. The summed E-state index contributed by atoms with van der Waals surface area (Å²) in [6.45, 7) is 2.85. The zero-order valence-corrected chi connectivity index (χ0v) is 19.9. The number of hydrogen-bond donors (Lipinski definition) is 2. The Bertz CT molecular complexity index is 1290. The lowest BCUT2D eigenvalue weighted by Crippen LogP contribution is -2.49. The largest absolute Gasteiger partial charge is 0.339 e. The van der Waals surface area contributed by atoms with Crippen LogP contribution < -0.4 is 15.5 Å². The smallest absolute Gasteiger partial charge is 0.319 e. The number of anilines is 2. The highest BCUT2D eigenvalue weighted by atomic mass is 32.1. The van der Waals surface area contributed by atoms with Gasteiger partial charge in [-0.3, -0.25) is 4.79 Å². The Morgan fingerprint density at radius 1 is 0.914 bits per heavy atom. The van der Waals surface area contributed by atoms with Gasteiger partial charge in [0.2, 0.25) is 11.9 Å². The van der Waals surface area contributed by atoms with Crippen LogP contribution in [0.5, 0.6) is 0 Å². The Morgan fingerprint density at radius 2 is 1.66 bits per heavy atom. The molecule has 3 amide bonds. The third-order valence-corrected chi connectivity index (χ3v) is 6.86. The molecule has 0 spiro atoms. The SMILES string of the molecule is O=C(NCCC(=O)N1CCN(c2ncccn2)CC1)Nc1ccccc1-c1nc2ccccc2s1. The van der Waals surface area contributed by atoms with Crippen molar-refractivity contribution in [1.29, 1.82) is 0 Å². The van der Waals surface area contributed by atoms with E-state index in [1.54, 1.807) is 29.8 Å². The lowest BCUT2D eigenvalue weighted by molar-refractivity contribution is -0.131. The summed E-state index contributed by atoms with van der Waals surface area (Å²) in [7, 11) is 0. The van der Waals surface area contributed by atoms with Crippen LogP contribution in [0, 0.1) is 0 Å². The molecule has 5 rings (SSSR count). The van der Waals surface area contributed by atoms with Crippen molar-refractivity contribution >= 4 is 45.1 Å². The number of piperazine rings is 1. The van der Waals surface area contributed by atoms with Crippen molar-refractivity contribution in [3.8, 4) is 10.6 Å². The van der Waals surface area contributed by atoms with Crippen molar-refractivity contribution in [3.05, 3.63) is 67.0 Å². The molecule has 35 heavy (non-hydrogen) atoms. The molecule has 1 saturated heterocycles. The fourth-order valence-corrected chi connectivity index (χ4v) is 4.99. The van der Waals surface area contributed by atoms with E-state index in [1.165, 1.54) is 0 Å². The number of para-hydroxylation sites is 2. The minimum absolute atomic E-state index is 0.0220.